The highest BCUT2D eigenvalue weighted by Gasteiger charge is 2.13. The van der Waals surface area contributed by atoms with Gasteiger partial charge in [-0.2, -0.15) is 0 Å². The summed E-state index contributed by atoms with van der Waals surface area (Å²) in [5, 5.41) is 0.477. The normalized spacial score (nSPS) is 10.0. The topological polar surface area (TPSA) is 46.3 Å². The summed E-state index contributed by atoms with van der Waals surface area (Å²) in [6.07, 6.45) is 0. The van der Waals surface area contributed by atoms with Gasteiger partial charge in [-0.15, -0.1) is 0 Å². The lowest BCUT2D eigenvalue weighted by Gasteiger charge is -2.19. The molecular weight excluding hydrogens is 260 g/mol. The van der Waals surface area contributed by atoms with E-state index in [2.05, 4.69) is 25.7 Å². The van der Waals surface area contributed by atoms with Gasteiger partial charge < -0.3 is 10.6 Å². The van der Waals surface area contributed by atoms with Crippen LogP contribution in [0.5, 0.6) is 0 Å². The van der Waals surface area contributed by atoms with E-state index in [1.807, 2.05) is 0 Å². The van der Waals surface area contributed by atoms with Crippen LogP contribution in [0.1, 0.15) is 29.8 Å². The van der Waals surface area contributed by atoms with Crippen molar-refractivity contribution in [3.8, 4) is 11.8 Å². The first-order valence-electron chi connectivity index (χ1n) is 6.19. The summed E-state index contributed by atoms with van der Waals surface area (Å²) < 4.78 is 0. The van der Waals surface area contributed by atoms with Gasteiger partial charge in [0, 0.05) is 24.7 Å². The maximum Gasteiger partial charge on any atom is 0.253 e. The zero-order chi connectivity index (χ0) is 14.4. The van der Waals surface area contributed by atoms with Gasteiger partial charge in [-0.05, 0) is 24.1 Å². The molecule has 1 aromatic carbocycles. The van der Waals surface area contributed by atoms with Crippen molar-refractivity contribution in [2.24, 2.45) is 11.7 Å². The summed E-state index contributed by atoms with van der Waals surface area (Å²) >= 11 is 6.11. The molecule has 2 N–H and O–H groups in total. The van der Waals surface area contributed by atoms with Crippen LogP contribution < -0.4 is 5.73 Å². The molecule has 4 heteroatoms. The number of carbonyl (C=O) groups excluding carboxylic acids is 1. The number of hydrogen-bond acceptors (Lipinski definition) is 2. The maximum atomic E-state index is 12.2. The number of carbonyl (C=O) groups is 1. The molecule has 0 radical (unpaired) electrons. The predicted octanol–water partition coefficient (Wildman–Crippen LogP) is 2.38. The summed E-state index contributed by atoms with van der Waals surface area (Å²) in [7, 11) is 1.79. The second kappa shape index (κ2) is 7.18. The molecule has 0 bridgehead atoms. The van der Waals surface area contributed by atoms with E-state index in [9.17, 15) is 4.79 Å². The third-order valence-corrected chi connectivity index (χ3v) is 2.84. The summed E-state index contributed by atoms with van der Waals surface area (Å²) in [6.45, 7) is 5.14. The van der Waals surface area contributed by atoms with Gasteiger partial charge in [0.2, 0.25) is 0 Å². The minimum Gasteiger partial charge on any atom is -0.341 e. The number of rotatable bonds is 3. The average molecular weight is 279 g/mol. The Bertz CT molecular complexity index is 515. The molecular formula is C15H19ClN2O. The molecule has 1 rings (SSSR count). The van der Waals surface area contributed by atoms with Gasteiger partial charge in [0.05, 0.1) is 11.6 Å². The van der Waals surface area contributed by atoms with E-state index in [0.29, 0.717) is 28.6 Å². The van der Waals surface area contributed by atoms with Crippen LogP contribution in [-0.4, -0.2) is 30.9 Å². The second-order valence-corrected chi connectivity index (χ2v) is 5.19. The predicted molar refractivity (Wildman–Crippen MR) is 79.2 cm³/mol. The Balaban J connectivity index is 2.91. The fourth-order valence-electron chi connectivity index (χ4n) is 1.75. The van der Waals surface area contributed by atoms with E-state index in [1.54, 1.807) is 30.1 Å². The maximum absolute atomic E-state index is 12.2. The van der Waals surface area contributed by atoms with Gasteiger partial charge in [-0.25, -0.2) is 0 Å². The molecule has 0 aromatic heterocycles. The number of nitrogens with two attached hydrogens (primary N) is 1. The van der Waals surface area contributed by atoms with Gasteiger partial charge in [-0.3, -0.25) is 4.79 Å². The Morgan fingerprint density at radius 1 is 1.47 bits per heavy atom. The van der Waals surface area contributed by atoms with E-state index in [-0.39, 0.29) is 12.5 Å². The Morgan fingerprint density at radius 3 is 2.68 bits per heavy atom. The first kappa shape index (κ1) is 15.6. The van der Waals surface area contributed by atoms with Crippen LogP contribution in [-0.2, 0) is 0 Å². The largest absolute Gasteiger partial charge is 0.341 e. The van der Waals surface area contributed by atoms with Crippen LogP contribution in [0.3, 0.4) is 0 Å². The molecule has 0 aliphatic heterocycles. The first-order chi connectivity index (χ1) is 8.95. The second-order valence-electron chi connectivity index (χ2n) is 4.78. The van der Waals surface area contributed by atoms with Crippen molar-refractivity contribution in [2.45, 2.75) is 13.8 Å². The minimum atomic E-state index is -0.0334. The molecule has 0 aliphatic carbocycles. The molecule has 3 nitrogen and oxygen atoms in total. The Hall–Kier alpha value is -1.50. The van der Waals surface area contributed by atoms with E-state index in [4.69, 9.17) is 17.3 Å². The van der Waals surface area contributed by atoms with Gasteiger partial charge >= 0.3 is 0 Å². The van der Waals surface area contributed by atoms with E-state index in [0.717, 1.165) is 0 Å². The van der Waals surface area contributed by atoms with Crippen molar-refractivity contribution in [1.29, 1.82) is 0 Å². The van der Waals surface area contributed by atoms with Crippen molar-refractivity contribution in [3.63, 3.8) is 0 Å². The lowest BCUT2D eigenvalue weighted by Crippen LogP contribution is -2.30. The number of nitrogens with zero attached hydrogens (tertiary/aromatic N) is 1. The van der Waals surface area contributed by atoms with Crippen molar-refractivity contribution in [3.05, 3.63) is 34.3 Å². The molecule has 102 valence electrons. The quantitative estimate of drug-likeness (QED) is 0.863. The minimum absolute atomic E-state index is 0.0334. The van der Waals surface area contributed by atoms with Crippen LogP contribution >= 0.6 is 11.6 Å². The third kappa shape index (κ3) is 4.59. The van der Waals surface area contributed by atoms with Gasteiger partial charge in [-0.1, -0.05) is 37.3 Å². The van der Waals surface area contributed by atoms with Crippen molar-refractivity contribution < 1.29 is 4.79 Å². The standard InChI is InChI=1S/C15H19ClN2O/c1-11(2)10-18(3)15(19)13-7-6-12(5-4-8-17)14(16)9-13/h6-7,9,11H,8,10,17H2,1-3H3. The lowest BCUT2D eigenvalue weighted by molar-refractivity contribution is 0.0779. The van der Waals surface area contributed by atoms with Crippen LogP contribution in [0.15, 0.2) is 18.2 Å². The number of benzene rings is 1. The van der Waals surface area contributed by atoms with Crippen LogP contribution in [0.4, 0.5) is 0 Å². The van der Waals surface area contributed by atoms with Crippen molar-refractivity contribution >= 4 is 17.5 Å². The van der Waals surface area contributed by atoms with E-state index < -0.39 is 0 Å². The first-order valence-corrected chi connectivity index (χ1v) is 6.57. The zero-order valence-corrected chi connectivity index (χ0v) is 12.3. The molecule has 1 amide bonds. The molecule has 0 heterocycles. The molecule has 0 saturated heterocycles. The lowest BCUT2D eigenvalue weighted by atomic mass is 10.1. The molecule has 0 unspecified atom stereocenters. The van der Waals surface area contributed by atoms with Crippen LogP contribution in [0, 0.1) is 17.8 Å². The third-order valence-electron chi connectivity index (χ3n) is 2.53. The van der Waals surface area contributed by atoms with Crippen molar-refractivity contribution in [2.75, 3.05) is 20.1 Å². The number of hydrogen-bond donors (Lipinski definition) is 1. The molecule has 0 atom stereocenters. The molecule has 0 fully saturated rings. The van der Waals surface area contributed by atoms with Crippen LogP contribution in [0.25, 0.3) is 0 Å². The molecule has 19 heavy (non-hydrogen) atoms. The Morgan fingerprint density at radius 2 is 2.16 bits per heavy atom. The number of amides is 1. The smallest absolute Gasteiger partial charge is 0.253 e. The van der Waals surface area contributed by atoms with Crippen molar-refractivity contribution in [1.82, 2.24) is 4.90 Å². The molecule has 0 saturated carbocycles. The highest BCUT2D eigenvalue weighted by molar-refractivity contribution is 6.32. The summed E-state index contributed by atoms with van der Waals surface area (Å²) in [5.41, 5.74) is 6.58. The fourth-order valence-corrected chi connectivity index (χ4v) is 1.97. The summed E-state index contributed by atoms with van der Waals surface area (Å²) in [6, 6.07) is 5.15. The SMILES string of the molecule is CC(C)CN(C)C(=O)c1ccc(C#CCN)c(Cl)c1. The monoisotopic (exact) mass is 278 g/mol. The molecule has 0 spiro atoms. The van der Waals surface area contributed by atoms with Crippen LogP contribution in [0.2, 0.25) is 5.02 Å². The Labute approximate surface area is 119 Å². The highest BCUT2D eigenvalue weighted by Crippen LogP contribution is 2.18. The zero-order valence-electron chi connectivity index (χ0n) is 11.5. The van der Waals surface area contributed by atoms with Gasteiger partial charge in [0.25, 0.3) is 5.91 Å². The molecule has 1 aromatic rings. The molecule has 0 aliphatic rings. The average Bonchev–Trinajstić information content (AvgIpc) is 2.35. The number of halogens is 1. The Kier molecular flexibility index (Phi) is 5.88. The van der Waals surface area contributed by atoms with Gasteiger partial charge in [0.15, 0.2) is 0 Å². The van der Waals surface area contributed by atoms with E-state index >= 15 is 0 Å². The summed E-state index contributed by atoms with van der Waals surface area (Å²) in [5.74, 6) is 6.01. The fraction of sp³-hybridized carbons (Fsp3) is 0.400. The van der Waals surface area contributed by atoms with Gasteiger partial charge in [0.1, 0.15) is 0 Å². The summed E-state index contributed by atoms with van der Waals surface area (Å²) in [4.78, 5) is 13.9. The van der Waals surface area contributed by atoms with E-state index in [1.165, 1.54) is 0 Å². The highest BCUT2D eigenvalue weighted by atomic mass is 35.5.